The number of rotatable bonds is 4. The summed E-state index contributed by atoms with van der Waals surface area (Å²) >= 11 is 0. The van der Waals surface area contributed by atoms with Crippen LogP contribution in [-0.2, 0) is 17.8 Å². The van der Waals surface area contributed by atoms with Gasteiger partial charge in [-0.25, -0.2) is 0 Å². The van der Waals surface area contributed by atoms with E-state index in [0.717, 1.165) is 18.8 Å². The van der Waals surface area contributed by atoms with Crippen molar-refractivity contribution in [1.82, 2.24) is 9.88 Å². The molecule has 2 aliphatic heterocycles. The summed E-state index contributed by atoms with van der Waals surface area (Å²) < 4.78 is 0. The van der Waals surface area contributed by atoms with Crippen LogP contribution in [0.25, 0.3) is 0 Å². The summed E-state index contributed by atoms with van der Waals surface area (Å²) in [5.41, 5.74) is 1.54. The molecule has 2 amide bonds. The lowest BCUT2D eigenvalue weighted by Gasteiger charge is -2.31. The summed E-state index contributed by atoms with van der Waals surface area (Å²) in [4.78, 5) is 45.0. The van der Waals surface area contributed by atoms with E-state index < -0.39 is 11.5 Å². The molecule has 3 N–H and O–H groups in total. The van der Waals surface area contributed by atoms with Crippen molar-refractivity contribution < 1.29 is 14.7 Å². The van der Waals surface area contributed by atoms with Crippen molar-refractivity contribution in [3.63, 3.8) is 0 Å². The average molecular weight is 467 g/mol. The molecule has 4 rings (SSSR count). The van der Waals surface area contributed by atoms with E-state index in [9.17, 15) is 19.5 Å². The van der Waals surface area contributed by atoms with Gasteiger partial charge in [-0.2, -0.15) is 0 Å². The summed E-state index contributed by atoms with van der Waals surface area (Å²) in [6, 6.07) is 7.52. The maximum atomic E-state index is 12.9. The number of nitrogens with one attached hydrogen (secondary N) is 2. The van der Waals surface area contributed by atoms with E-state index in [1.807, 2.05) is 32.9 Å². The molecule has 1 saturated heterocycles. The minimum Gasteiger partial charge on any atom is -0.506 e. The molecule has 0 spiro atoms. The van der Waals surface area contributed by atoms with Gasteiger partial charge in [0, 0.05) is 55.1 Å². The normalized spacial score (nSPS) is 16.2. The molecule has 1 aromatic carbocycles. The van der Waals surface area contributed by atoms with E-state index >= 15 is 0 Å². The van der Waals surface area contributed by atoms with Gasteiger partial charge in [0.25, 0.3) is 11.5 Å². The number of aromatic amines is 1. The smallest absolute Gasteiger partial charge is 0.265 e. The zero-order chi connectivity index (χ0) is 24.5. The maximum Gasteiger partial charge on any atom is 0.265 e. The molecule has 0 radical (unpaired) electrons. The van der Waals surface area contributed by atoms with Crippen molar-refractivity contribution in [3.05, 3.63) is 51.4 Å². The Morgan fingerprint density at radius 1 is 1.06 bits per heavy atom. The predicted molar refractivity (Wildman–Crippen MR) is 132 cm³/mol. The number of benzene rings is 1. The van der Waals surface area contributed by atoms with Gasteiger partial charge in [-0.05, 0) is 48.9 Å². The second-order valence-electron chi connectivity index (χ2n) is 10.5. The van der Waals surface area contributed by atoms with Crippen molar-refractivity contribution in [1.29, 1.82) is 0 Å². The van der Waals surface area contributed by atoms with E-state index in [-0.39, 0.29) is 29.2 Å². The Kier molecular flexibility index (Phi) is 6.68. The number of carbonyl (C=O) groups excluding carboxylic acids is 2. The van der Waals surface area contributed by atoms with Gasteiger partial charge in [0.2, 0.25) is 5.91 Å². The number of nitrogens with zero attached hydrogens (tertiary/aromatic N) is 2. The molecular weight excluding hydrogens is 432 g/mol. The first-order valence-electron chi connectivity index (χ1n) is 12.0. The average Bonchev–Trinajstić information content (AvgIpc) is 2.79. The third kappa shape index (κ3) is 5.26. The zero-order valence-corrected chi connectivity index (χ0v) is 20.2. The molecule has 3 heterocycles. The summed E-state index contributed by atoms with van der Waals surface area (Å²) in [7, 11) is 0. The molecule has 0 bridgehead atoms. The Labute approximate surface area is 200 Å². The standard InChI is InChI=1S/C26H34N4O4/c1-26(2,3)15-21(31)30-14-11-20-19(16-30)23(32)22(25(34)28-20)24(33)27-17-7-9-18(10-8-17)29-12-5-4-6-13-29/h7-10H,4-6,11-16H2,1-3H3,(H,27,33)(H2,28,32,34). The van der Waals surface area contributed by atoms with E-state index in [1.54, 1.807) is 17.0 Å². The van der Waals surface area contributed by atoms with E-state index in [4.69, 9.17) is 0 Å². The fourth-order valence-electron chi connectivity index (χ4n) is 4.67. The van der Waals surface area contributed by atoms with Crippen LogP contribution in [0.4, 0.5) is 11.4 Å². The SMILES string of the molecule is CC(C)(C)CC(=O)N1CCc2[nH]c(=O)c(C(=O)Nc3ccc(N4CCCCC4)cc3)c(O)c2C1. The van der Waals surface area contributed by atoms with Crippen LogP contribution >= 0.6 is 0 Å². The summed E-state index contributed by atoms with van der Waals surface area (Å²) in [5.74, 6) is -1.04. The van der Waals surface area contributed by atoms with Crippen molar-refractivity contribution in [2.24, 2.45) is 5.41 Å². The molecule has 0 saturated carbocycles. The monoisotopic (exact) mass is 466 g/mol. The number of anilines is 2. The second-order valence-corrected chi connectivity index (χ2v) is 10.5. The minimum absolute atomic E-state index is 0.0106. The summed E-state index contributed by atoms with van der Waals surface area (Å²) in [5, 5.41) is 13.6. The highest BCUT2D eigenvalue weighted by Crippen LogP contribution is 2.30. The number of H-pyrrole nitrogens is 1. The van der Waals surface area contributed by atoms with Crippen LogP contribution in [0, 0.1) is 5.41 Å². The molecule has 1 aromatic heterocycles. The Morgan fingerprint density at radius 2 is 1.74 bits per heavy atom. The second kappa shape index (κ2) is 9.52. The molecule has 0 unspecified atom stereocenters. The maximum absolute atomic E-state index is 12.9. The van der Waals surface area contributed by atoms with Crippen molar-refractivity contribution in [3.8, 4) is 5.75 Å². The number of amides is 2. The van der Waals surface area contributed by atoms with Crippen molar-refractivity contribution in [2.45, 2.75) is 59.4 Å². The van der Waals surface area contributed by atoms with Crippen LogP contribution in [0.5, 0.6) is 5.75 Å². The number of piperidine rings is 1. The molecule has 1 fully saturated rings. The number of fused-ring (bicyclic) bond motifs is 1. The lowest BCUT2D eigenvalue weighted by molar-refractivity contribution is -0.134. The van der Waals surface area contributed by atoms with Gasteiger partial charge in [-0.15, -0.1) is 0 Å². The fraction of sp³-hybridized carbons (Fsp3) is 0.500. The van der Waals surface area contributed by atoms with Crippen molar-refractivity contribution >= 4 is 23.2 Å². The molecule has 0 aliphatic carbocycles. The van der Waals surface area contributed by atoms with Gasteiger partial charge in [-0.1, -0.05) is 20.8 Å². The molecule has 2 aliphatic rings. The minimum atomic E-state index is -0.676. The van der Waals surface area contributed by atoms with Gasteiger partial charge in [0.15, 0.2) is 0 Å². The fourth-order valence-corrected chi connectivity index (χ4v) is 4.67. The van der Waals surface area contributed by atoms with E-state index in [1.165, 1.54) is 19.3 Å². The molecule has 182 valence electrons. The van der Waals surface area contributed by atoms with Gasteiger partial charge in [0.05, 0.1) is 6.54 Å². The highest BCUT2D eigenvalue weighted by molar-refractivity contribution is 6.06. The Balaban J connectivity index is 1.51. The van der Waals surface area contributed by atoms with E-state index in [2.05, 4.69) is 15.2 Å². The molecule has 8 nitrogen and oxygen atoms in total. The first-order chi connectivity index (χ1) is 16.1. The molecule has 8 heteroatoms. The Bertz CT molecular complexity index is 1130. The number of hydrogen-bond acceptors (Lipinski definition) is 5. The van der Waals surface area contributed by atoms with E-state index in [0.29, 0.717) is 36.3 Å². The summed E-state index contributed by atoms with van der Waals surface area (Å²) in [6.07, 6.45) is 4.42. The van der Waals surface area contributed by atoms with Gasteiger partial charge < -0.3 is 25.2 Å². The lowest BCUT2D eigenvalue weighted by atomic mass is 9.91. The third-order valence-corrected chi connectivity index (χ3v) is 6.47. The Hall–Kier alpha value is -3.29. The van der Waals surface area contributed by atoms with Crippen LogP contribution in [0.2, 0.25) is 0 Å². The van der Waals surface area contributed by atoms with Crippen LogP contribution in [0.1, 0.15) is 68.1 Å². The quantitative estimate of drug-likeness (QED) is 0.638. The topological polar surface area (TPSA) is 106 Å². The van der Waals surface area contributed by atoms with Crippen LogP contribution < -0.4 is 15.8 Å². The van der Waals surface area contributed by atoms with Crippen LogP contribution in [0.15, 0.2) is 29.1 Å². The van der Waals surface area contributed by atoms with Crippen molar-refractivity contribution in [2.75, 3.05) is 29.9 Å². The number of aromatic hydroxyl groups is 1. The molecule has 34 heavy (non-hydrogen) atoms. The number of aromatic nitrogens is 1. The zero-order valence-electron chi connectivity index (χ0n) is 20.2. The first kappa shape index (κ1) is 23.9. The van der Waals surface area contributed by atoms with Crippen LogP contribution in [-0.4, -0.2) is 46.4 Å². The van der Waals surface area contributed by atoms with Gasteiger partial charge >= 0.3 is 0 Å². The Morgan fingerprint density at radius 3 is 2.38 bits per heavy atom. The molecule has 2 aromatic rings. The number of carbonyl (C=O) groups is 2. The van der Waals surface area contributed by atoms with Crippen LogP contribution in [0.3, 0.4) is 0 Å². The highest BCUT2D eigenvalue weighted by atomic mass is 16.3. The van der Waals surface area contributed by atoms with Gasteiger partial charge in [-0.3, -0.25) is 14.4 Å². The largest absolute Gasteiger partial charge is 0.506 e. The molecular formula is C26H34N4O4. The predicted octanol–water partition coefficient (Wildman–Crippen LogP) is 3.64. The third-order valence-electron chi connectivity index (χ3n) is 6.47. The lowest BCUT2D eigenvalue weighted by Crippen LogP contribution is -2.39. The number of hydrogen-bond donors (Lipinski definition) is 3. The first-order valence-corrected chi connectivity index (χ1v) is 12.0. The molecule has 0 atom stereocenters. The highest BCUT2D eigenvalue weighted by Gasteiger charge is 2.30. The van der Waals surface area contributed by atoms with Gasteiger partial charge in [0.1, 0.15) is 11.3 Å². The number of pyridine rings is 1. The summed E-state index contributed by atoms with van der Waals surface area (Å²) in [6.45, 7) is 8.68.